The van der Waals surface area contributed by atoms with Crippen molar-refractivity contribution in [2.75, 3.05) is 5.73 Å². The molecule has 20 heavy (non-hydrogen) atoms. The summed E-state index contributed by atoms with van der Waals surface area (Å²) in [5.74, 6) is -0.0279. The van der Waals surface area contributed by atoms with Gasteiger partial charge >= 0.3 is 6.36 Å². The number of nitrogens with zero attached hydrogens (tertiary/aromatic N) is 1. The van der Waals surface area contributed by atoms with Crippen molar-refractivity contribution in [3.63, 3.8) is 0 Å². The molecule has 0 radical (unpaired) electrons. The van der Waals surface area contributed by atoms with E-state index in [0.29, 0.717) is 0 Å². The van der Waals surface area contributed by atoms with E-state index in [1.807, 2.05) is 0 Å². The summed E-state index contributed by atoms with van der Waals surface area (Å²) in [5, 5.41) is 0.186. The third-order valence-electron chi connectivity index (χ3n) is 2.13. The number of benzene rings is 1. The number of anilines is 1. The van der Waals surface area contributed by atoms with Gasteiger partial charge in [-0.25, -0.2) is 0 Å². The Morgan fingerprint density at radius 2 is 1.60 bits per heavy atom. The zero-order valence-corrected chi connectivity index (χ0v) is 10.6. The predicted molar refractivity (Wildman–Crippen MR) is 66.9 cm³/mol. The van der Waals surface area contributed by atoms with Crippen LogP contribution in [-0.2, 0) is 0 Å². The van der Waals surface area contributed by atoms with Gasteiger partial charge in [-0.2, -0.15) is 4.98 Å². The molecule has 2 rings (SSSR count). The topological polar surface area (TPSA) is 57.4 Å². The number of aromatic nitrogens is 1. The second kappa shape index (κ2) is 5.46. The molecule has 0 saturated carbocycles. The minimum atomic E-state index is -4.73. The highest BCUT2D eigenvalue weighted by atomic mass is 35.5. The monoisotopic (exact) mass is 304 g/mol. The number of hydrogen-bond acceptors (Lipinski definition) is 4. The van der Waals surface area contributed by atoms with Crippen LogP contribution in [-0.4, -0.2) is 11.3 Å². The van der Waals surface area contributed by atoms with Crippen molar-refractivity contribution in [3.05, 3.63) is 41.6 Å². The average Bonchev–Trinajstić information content (AvgIpc) is 2.34. The molecule has 2 aromatic rings. The number of pyridine rings is 1. The molecule has 8 heteroatoms. The lowest BCUT2D eigenvalue weighted by atomic mass is 10.3. The summed E-state index contributed by atoms with van der Waals surface area (Å²) in [4.78, 5) is 3.86. The van der Waals surface area contributed by atoms with E-state index in [2.05, 4.69) is 9.72 Å². The van der Waals surface area contributed by atoms with Gasteiger partial charge in [0.1, 0.15) is 16.7 Å². The number of halogens is 4. The van der Waals surface area contributed by atoms with Crippen LogP contribution in [0.1, 0.15) is 0 Å². The number of ether oxygens (including phenoxy) is 2. The van der Waals surface area contributed by atoms with Crippen LogP contribution in [0, 0.1) is 0 Å². The van der Waals surface area contributed by atoms with Crippen LogP contribution in [0.2, 0.25) is 5.15 Å². The lowest BCUT2D eigenvalue weighted by Crippen LogP contribution is -2.16. The van der Waals surface area contributed by atoms with E-state index in [0.717, 1.165) is 12.1 Å². The maximum atomic E-state index is 12.0. The molecule has 0 amide bonds. The summed E-state index contributed by atoms with van der Waals surface area (Å²) in [7, 11) is 0. The fourth-order valence-corrected chi connectivity index (χ4v) is 1.47. The minimum Gasteiger partial charge on any atom is -0.437 e. The molecule has 1 aromatic carbocycles. The number of hydrogen-bond donors (Lipinski definition) is 1. The first-order chi connectivity index (χ1) is 9.33. The van der Waals surface area contributed by atoms with Gasteiger partial charge in [0.15, 0.2) is 0 Å². The second-order valence-corrected chi connectivity index (χ2v) is 4.04. The van der Waals surface area contributed by atoms with Crippen LogP contribution in [0.4, 0.5) is 18.9 Å². The van der Waals surface area contributed by atoms with Gasteiger partial charge in [-0.05, 0) is 36.4 Å². The molecule has 106 valence electrons. The smallest absolute Gasteiger partial charge is 0.437 e. The van der Waals surface area contributed by atoms with Crippen LogP contribution in [0.25, 0.3) is 0 Å². The highest BCUT2D eigenvalue weighted by molar-refractivity contribution is 6.29. The Bertz CT molecular complexity index is 603. The number of nitrogens with two attached hydrogens (primary N) is 1. The molecule has 0 saturated heterocycles. The van der Waals surface area contributed by atoms with Crippen LogP contribution in [0.15, 0.2) is 36.4 Å². The standard InChI is InChI=1S/C12H8ClF3N2O2/c13-10-6-5-9(17)11(18-10)19-7-1-3-8(4-2-7)20-12(14,15)16/h1-6H,17H2. The second-order valence-electron chi connectivity index (χ2n) is 3.65. The van der Waals surface area contributed by atoms with Gasteiger partial charge in [0, 0.05) is 0 Å². The van der Waals surface area contributed by atoms with Crippen molar-refractivity contribution in [2.45, 2.75) is 6.36 Å². The lowest BCUT2D eigenvalue weighted by molar-refractivity contribution is -0.274. The number of nitrogen functional groups attached to an aromatic ring is 1. The summed E-state index contributed by atoms with van der Waals surface area (Å²) in [6.07, 6.45) is -4.73. The van der Waals surface area contributed by atoms with E-state index in [9.17, 15) is 13.2 Å². The normalized spacial score (nSPS) is 11.2. The van der Waals surface area contributed by atoms with Gasteiger partial charge in [-0.1, -0.05) is 11.6 Å². The zero-order chi connectivity index (χ0) is 14.8. The fourth-order valence-electron chi connectivity index (χ4n) is 1.33. The molecular formula is C12H8ClF3N2O2. The summed E-state index contributed by atoms with van der Waals surface area (Å²) >= 11 is 5.69. The molecule has 2 N–H and O–H groups in total. The van der Waals surface area contributed by atoms with Crippen LogP contribution < -0.4 is 15.2 Å². The van der Waals surface area contributed by atoms with Crippen LogP contribution in [0.3, 0.4) is 0 Å². The van der Waals surface area contributed by atoms with Crippen LogP contribution >= 0.6 is 11.6 Å². The fraction of sp³-hybridized carbons (Fsp3) is 0.0833. The molecule has 0 aliphatic rings. The summed E-state index contributed by atoms with van der Waals surface area (Å²) in [5.41, 5.74) is 5.89. The summed E-state index contributed by atoms with van der Waals surface area (Å²) in [6, 6.07) is 7.81. The Labute approximate surface area is 116 Å². The zero-order valence-electron chi connectivity index (χ0n) is 9.82. The summed E-state index contributed by atoms with van der Waals surface area (Å²) < 4.78 is 45.0. The van der Waals surface area contributed by atoms with E-state index in [1.54, 1.807) is 0 Å². The van der Waals surface area contributed by atoms with Crippen molar-refractivity contribution < 1.29 is 22.6 Å². The number of rotatable bonds is 3. The van der Waals surface area contributed by atoms with E-state index in [1.165, 1.54) is 24.3 Å². The molecular weight excluding hydrogens is 297 g/mol. The lowest BCUT2D eigenvalue weighted by Gasteiger charge is -2.10. The van der Waals surface area contributed by atoms with E-state index in [-0.39, 0.29) is 28.2 Å². The Kier molecular flexibility index (Phi) is 3.89. The molecule has 0 atom stereocenters. The quantitative estimate of drug-likeness (QED) is 0.871. The molecule has 0 aliphatic heterocycles. The van der Waals surface area contributed by atoms with Crippen molar-refractivity contribution in [3.8, 4) is 17.4 Å². The van der Waals surface area contributed by atoms with Crippen molar-refractivity contribution in [1.82, 2.24) is 4.98 Å². The van der Waals surface area contributed by atoms with Crippen molar-refractivity contribution >= 4 is 17.3 Å². The maximum absolute atomic E-state index is 12.0. The Hall–Kier alpha value is -2.15. The molecule has 0 aliphatic carbocycles. The first-order valence-electron chi connectivity index (χ1n) is 5.29. The van der Waals surface area contributed by atoms with Gasteiger partial charge in [0.05, 0.1) is 5.69 Å². The summed E-state index contributed by atoms with van der Waals surface area (Å²) in [6.45, 7) is 0. The van der Waals surface area contributed by atoms with E-state index >= 15 is 0 Å². The Morgan fingerprint density at radius 3 is 2.20 bits per heavy atom. The minimum absolute atomic E-state index is 0.0713. The number of alkyl halides is 3. The molecule has 0 spiro atoms. The van der Waals surface area contributed by atoms with Crippen molar-refractivity contribution in [1.29, 1.82) is 0 Å². The Balaban J connectivity index is 2.13. The van der Waals surface area contributed by atoms with Gasteiger partial charge < -0.3 is 15.2 Å². The SMILES string of the molecule is Nc1ccc(Cl)nc1Oc1ccc(OC(F)(F)F)cc1. The third-order valence-corrected chi connectivity index (χ3v) is 2.34. The van der Waals surface area contributed by atoms with E-state index < -0.39 is 6.36 Å². The Morgan fingerprint density at radius 1 is 1.00 bits per heavy atom. The molecule has 0 unspecified atom stereocenters. The van der Waals surface area contributed by atoms with E-state index in [4.69, 9.17) is 22.1 Å². The largest absolute Gasteiger partial charge is 0.573 e. The molecule has 1 heterocycles. The molecule has 0 bridgehead atoms. The highest BCUT2D eigenvalue weighted by Gasteiger charge is 2.30. The first-order valence-corrected chi connectivity index (χ1v) is 5.67. The molecule has 1 aromatic heterocycles. The van der Waals surface area contributed by atoms with Gasteiger partial charge in [-0.3, -0.25) is 0 Å². The van der Waals surface area contributed by atoms with Crippen molar-refractivity contribution in [2.24, 2.45) is 0 Å². The maximum Gasteiger partial charge on any atom is 0.573 e. The van der Waals surface area contributed by atoms with Gasteiger partial charge in [-0.15, -0.1) is 13.2 Å². The highest BCUT2D eigenvalue weighted by Crippen LogP contribution is 2.29. The molecule has 4 nitrogen and oxygen atoms in total. The van der Waals surface area contributed by atoms with Crippen LogP contribution in [0.5, 0.6) is 17.4 Å². The van der Waals surface area contributed by atoms with Gasteiger partial charge in [0.2, 0.25) is 5.88 Å². The predicted octanol–water partition coefficient (Wildman–Crippen LogP) is 4.01. The first kappa shape index (κ1) is 14.3. The third kappa shape index (κ3) is 3.92. The average molecular weight is 305 g/mol. The van der Waals surface area contributed by atoms with Gasteiger partial charge in [0.25, 0.3) is 0 Å². The molecule has 0 fully saturated rings.